The summed E-state index contributed by atoms with van der Waals surface area (Å²) < 4.78 is 10.6. The second-order valence-corrected chi connectivity index (χ2v) is 5.71. The van der Waals surface area contributed by atoms with Crippen molar-refractivity contribution in [2.45, 2.75) is 19.8 Å². The molecule has 8 heteroatoms. The summed E-state index contributed by atoms with van der Waals surface area (Å²) in [5, 5.41) is 4.03. The SMILES string of the molecule is COc1cc(/C=N\Nc2nc(C)cc(=O)[nH]2)ccc1OC(=O)C1CC1. The monoisotopic (exact) mass is 342 g/mol. The standard InChI is InChI=1S/C17H18N4O4/c1-10-7-15(22)20-17(19-10)21-18-9-11-3-6-13(14(8-11)24-2)25-16(23)12-4-5-12/h3,6-9,12H,4-5H2,1-2H3,(H2,19,20,21,22)/b18-9-. The number of carbonyl (C=O) groups is 1. The largest absolute Gasteiger partial charge is 0.493 e. The van der Waals surface area contributed by atoms with Gasteiger partial charge < -0.3 is 9.47 Å². The molecule has 25 heavy (non-hydrogen) atoms. The summed E-state index contributed by atoms with van der Waals surface area (Å²) in [4.78, 5) is 29.8. The van der Waals surface area contributed by atoms with Crippen molar-refractivity contribution in [3.63, 3.8) is 0 Å². The summed E-state index contributed by atoms with van der Waals surface area (Å²) in [5.74, 6) is 0.868. The van der Waals surface area contributed by atoms with Gasteiger partial charge in [-0.1, -0.05) is 0 Å². The van der Waals surface area contributed by atoms with Gasteiger partial charge in [-0.2, -0.15) is 5.10 Å². The summed E-state index contributed by atoms with van der Waals surface area (Å²) in [6.45, 7) is 1.72. The van der Waals surface area contributed by atoms with Crippen LogP contribution in [0.3, 0.4) is 0 Å². The number of anilines is 1. The van der Waals surface area contributed by atoms with E-state index in [0.29, 0.717) is 17.2 Å². The number of methoxy groups -OCH3 is 1. The molecular weight excluding hydrogens is 324 g/mol. The molecule has 0 unspecified atom stereocenters. The van der Waals surface area contributed by atoms with Crippen molar-refractivity contribution in [3.05, 3.63) is 45.9 Å². The number of nitrogens with one attached hydrogen (secondary N) is 2. The van der Waals surface area contributed by atoms with Gasteiger partial charge in [0.2, 0.25) is 5.95 Å². The molecule has 0 atom stereocenters. The molecule has 1 saturated carbocycles. The van der Waals surface area contributed by atoms with Gasteiger partial charge in [-0.3, -0.25) is 14.6 Å². The first-order chi connectivity index (χ1) is 12.0. The van der Waals surface area contributed by atoms with Gasteiger partial charge in [-0.05, 0) is 43.5 Å². The van der Waals surface area contributed by atoms with E-state index in [1.807, 2.05) is 0 Å². The second kappa shape index (κ2) is 7.16. The highest BCUT2D eigenvalue weighted by Crippen LogP contribution is 2.34. The van der Waals surface area contributed by atoms with E-state index in [9.17, 15) is 9.59 Å². The molecule has 3 rings (SSSR count). The van der Waals surface area contributed by atoms with Crippen LogP contribution in [0.5, 0.6) is 11.5 Å². The number of hydrogen-bond acceptors (Lipinski definition) is 7. The van der Waals surface area contributed by atoms with E-state index in [1.54, 1.807) is 25.1 Å². The molecule has 0 amide bonds. The maximum Gasteiger partial charge on any atom is 0.314 e. The quantitative estimate of drug-likeness (QED) is 0.359. The van der Waals surface area contributed by atoms with Crippen LogP contribution in [0.15, 0.2) is 34.2 Å². The summed E-state index contributed by atoms with van der Waals surface area (Å²) >= 11 is 0. The number of carbonyl (C=O) groups excluding carboxylic acids is 1. The molecular formula is C17H18N4O4. The van der Waals surface area contributed by atoms with Crippen molar-refractivity contribution in [2.75, 3.05) is 12.5 Å². The lowest BCUT2D eigenvalue weighted by Gasteiger charge is -2.09. The Hall–Kier alpha value is -3.16. The Morgan fingerprint density at radius 1 is 1.36 bits per heavy atom. The third kappa shape index (κ3) is 4.43. The highest BCUT2D eigenvalue weighted by Gasteiger charge is 2.32. The van der Waals surface area contributed by atoms with Crippen molar-refractivity contribution in [1.29, 1.82) is 0 Å². The predicted molar refractivity (Wildman–Crippen MR) is 92.2 cm³/mol. The summed E-state index contributed by atoms with van der Waals surface area (Å²) in [7, 11) is 1.50. The third-order valence-corrected chi connectivity index (χ3v) is 3.56. The van der Waals surface area contributed by atoms with Crippen LogP contribution in [-0.4, -0.2) is 29.3 Å². The van der Waals surface area contributed by atoms with Crippen LogP contribution in [0.2, 0.25) is 0 Å². The summed E-state index contributed by atoms with van der Waals surface area (Å²) in [6.07, 6.45) is 3.30. The van der Waals surface area contributed by atoms with E-state index >= 15 is 0 Å². The first-order valence-corrected chi connectivity index (χ1v) is 7.82. The van der Waals surface area contributed by atoms with Gasteiger partial charge in [-0.15, -0.1) is 0 Å². The van der Waals surface area contributed by atoms with E-state index in [1.165, 1.54) is 19.4 Å². The number of nitrogens with zero attached hydrogens (tertiary/aromatic N) is 2. The first-order valence-electron chi connectivity index (χ1n) is 7.82. The lowest BCUT2D eigenvalue weighted by atomic mass is 10.2. The van der Waals surface area contributed by atoms with Gasteiger partial charge in [-0.25, -0.2) is 10.4 Å². The molecule has 1 aromatic carbocycles. The Labute approximate surface area is 143 Å². The van der Waals surface area contributed by atoms with Crippen LogP contribution < -0.4 is 20.5 Å². The van der Waals surface area contributed by atoms with Gasteiger partial charge in [0, 0.05) is 11.8 Å². The fourth-order valence-corrected chi connectivity index (χ4v) is 2.16. The molecule has 1 heterocycles. The average Bonchev–Trinajstić information content (AvgIpc) is 3.40. The van der Waals surface area contributed by atoms with E-state index in [2.05, 4.69) is 20.5 Å². The highest BCUT2D eigenvalue weighted by atomic mass is 16.6. The van der Waals surface area contributed by atoms with Crippen molar-refractivity contribution >= 4 is 18.1 Å². The number of H-pyrrole nitrogens is 1. The average molecular weight is 342 g/mol. The number of benzene rings is 1. The third-order valence-electron chi connectivity index (χ3n) is 3.56. The van der Waals surface area contributed by atoms with Crippen LogP contribution in [-0.2, 0) is 4.79 Å². The normalized spacial score (nSPS) is 13.7. The van der Waals surface area contributed by atoms with Gasteiger partial charge in [0.25, 0.3) is 5.56 Å². The molecule has 1 aromatic heterocycles. The maximum absolute atomic E-state index is 11.8. The van der Waals surface area contributed by atoms with Gasteiger partial charge in [0.15, 0.2) is 11.5 Å². The zero-order valence-electron chi connectivity index (χ0n) is 13.9. The number of hydrogen-bond donors (Lipinski definition) is 2. The second-order valence-electron chi connectivity index (χ2n) is 5.71. The van der Waals surface area contributed by atoms with Crippen LogP contribution in [0, 0.1) is 12.8 Å². The summed E-state index contributed by atoms with van der Waals surface area (Å²) in [5.41, 5.74) is 3.72. The first kappa shape index (κ1) is 16.7. The molecule has 2 N–H and O–H groups in total. The lowest BCUT2D eigenvalue weighted by Crippen LogP contribution is -2.11. The van der Waals surface area contributed by atoms with Gasteiger partial charge in [0.1, 0.15) is 0 Å². The van der Waals surface area contributed by atoms with Crippen molar-refractivity contribution in [3.8, 4) is 11.5 Å². The molecule has 0 saturated heterocycles. The molecule has 2 aromatic rings. The van der Waals surface area contributed by atoms with Crippen molar-refractivity contribution < 1.29 is 14.3 Å². The van der Waals surface area contributed by atoms with E-state index in [0.717, 1.165) is 18.4 Å². The number of hydrazone groups is 1. The molecule has 1 aliphatic carbocycles. The molecule has 0 bridgehead atoms. The minimum atomic E-state index is -0.256. The van der Waals surface area contributed by atoms with E-state index in [-0.39, 0.29) is 23.4 Å². The minimum Gasteiger partial charge on any atom is -0.493 e. The fourth-order valence-electron chi connectivity index (χ4n) is 2.16. The Morgan fingerprint density at radius 2 is 2.16 bits per heavy atom. The van der Waals surface area contributed by atoms with Crippen molar-refractivity contribution in [2.24, 2.45) is 11.0 Å². The molecule has 0 spiro atoms. The summed E-state index contributed by atoms with van der Waals surface area (Å²) in [6, 6.07) is 6.50. The molecule has 8 nitrogen and oxygen atoms in total. The maximum atomic E-state index is 11.8. The van der Waals surface area contributed by atoms with E-state index in [4.69, 9.17) is 9.47 Å². The molecule has 130 valence electrons. The van der Waals surface area contributed by atoms with Crippen LogP contribution in [0.1, 0.15) is 24.1 Å². The van der Waals surface area contributed by atoms with Gasteiger partial charge in [0.05, 0.1) is 19.2 Å². The Kier molecular flexibility index (Phi) is 4.78. The topological polar surface area (TPSA) is 106 Å². The minimum absolute atomic E-state index is 0.0131. The Balaban J connectivity index is 1.69. The Morgan fingerprint density at radius 3 is 2.84 bits per heavy atom. The molecule has 0 radical (unpaired) electrons. The fraction of sp³-hybridized carbons (Fsp3) is 0.294. The van der Waals surface area contributed by atoms with Crippen molar-refractivity contribution in [1.82, 2.24) is 9.97 Å². The number of rotatable bonds is 6. The number of aromatic nitrogens is 2. The number of aryl methyl sites for hydroxylation is 1. The highest BCUT2D eigenvalue weighted by molar-refractivity contribution is 5.82. The zero-order chi connectivity index (χ0) is 17.8. The number of aromatic amines is 1. The Bertz CT molecular complexity index is 871. The molecule has 0 aliphatic heterocycles. The smallest absolute Gasteiger partial charge is 0.314 e. The van der Waals surface area contributed by atoms with E-state index < -0.39 is 0 Å². The van der Waals surface area contributed by atoms with Crippen LogP contribution in [0.25, 0.3) is 0 Å². The zero-order valence-corrected chi connectivity index (χ0v) is 13.9. The molecule has 1 fully saturated rings. The molecule has 1 aliphatic rings. The van der Waals surface area contributed by atoms with Gasteiger partial charge >= 0.3 is 5.97 Å². The van der Waals surface area contributed by atoms with Crippen LogP contribution >= 0.6 is 0 Å². The lowest BCUT2D eigenvalue weighted by molar-refractivity contribution is -0.135. The number of esters is 1. The van der Waals surface area contributed by atoms with Crippen LogP contribution in [0.4, 0.5) is 5.95 Å². The predicted octanol–water partition coefficient (Wildman–Crippen LogP) is 1.85. The number of ether oxygens (including phenoxy) is 2.